The van der Waals surface area contributed by atoms with Crippen molar-refractivity contribution in [3.63, 3.8) is 0 Å². The minimum absolute atomic E-state index is 0.00554. The third kappa shape index (κ3) is 3.08. The third-order valence-corrected chi connectivity index (χ3v) is 6.35. The summed E-state index contributed by atoms with van der Waals surface area (Å²) in [6, 6.07) is 22.3. The van der Waals surface area contributed by atoms with E-state index in [-0.39, 0.29) is 22.8 Å². The van der Waals surface area contributed by atoms with Gasteiger partial charge in [-0.15, -0.1) is 11.3 Å². The number of phenols is 1. The van der Waals surface area contributed by atoms with Gasteiger partial charge < -0.3 is 10.2 Å². The van der Waals surface area contributed by atoms with Gasteiger partial charge in [0.15, 0.2) is 0 Å². The summed E-state index contributed by atoms with van der Waals surface area (Å²) in [5, 5.41) is 25.3. The molecule has 4 aromatic rings. The number of Topliss-reactive ketones (excluding diaryl/α,β-unsaturated/α-hetero) is 1. The van der Waals surface area contributed by atoms with Crippen molar-refractivity contribution in [2.24, 2.45) is 0 Å². The Morgan fingerprint density at radius 3 is 2.35 bits per heavy atom. The number of amides is 1. The second kappa shape index (κ2) is 7.41. The summed E-state index contributed by atoms with van der Waals surface area (Å²) >= 11 is 1.37. The monoisotopic (exact) mass is 427 g/mol. The molecule has 1 aliphatic heterocycles. The van der Waals surface area contributed by atoms with Crippen molar-refractivity contribution < 1.29 is 19.8 Å². The first-order chi connectivity index (χ1) is 15.1. The highest BCUT2D eigenvalue weighted by molar-refractivity contribution is 7.10. The van der Waals surface area contributed by atoms with Gasteiger partial charge in [-0.1, -0.05) is 54.6 Å². The van der Waals surface area contributed by atoms with Crippen LogP contribution in [0.5, 0.6) is 5.75 Å². The van der Waals surface area contributed by atoms with E-state index in [0.29, 0.717) is 10.4 Å². The molecule has 0 aliphatic carbocycles. The molecule has 152 valence electrons. The van der Waals surface area contributed by atoms with Gasteiger partial charge in [-0.25, -0.2) is 0 Å². The molecule has 0 radical (unpaired) electrons. The molecule has 0 bridgehead atoms. The molecule has 1 fully saturated rings. The van der Waals surface area contributed by atoms with E-state index in [2.05, 4.69) is 0 Å². The topological polar surface area (TPSA) is 77.8 Å². The fourth-order valence-corrected chi connectivity index (χ4v) is 4.78. The van der Waals surface area contributed by atoms with Crippen molar-refractivity contribution in [2.75, 3.05) is 4.90 Å². The van der Waals surface area contributed by atoms with E-state index in [4.69, 9.17) is 0 Å². The summed E-state index contributed by atoms with van der Waals surface area (Å²) in [5.74, 6) is -1.92. The average Bonchev–Trinajstić information content (AvgIpc) is 3.41. The number of anilines is 1. The molecule has 2 N–H and O–H groups in total. The number of carbonyl (C=O) groups excluding carboxylic acids is 2. The van der Waals surface area contributed by atoms with E-state index < -0.39 is 17.7 Å². The van der Waals surface area contributed by atoms with Crippen molar-refractivity contribution in [1.29, 1.82) is 0 Å². The standard InChI is InChI=1S/C25H17NO4S/c27-19-9-4-3-8-18(19)26-22(20-10-5-13-31-20)21(24(29)25(26)30)23(28)17-12-11-15-6-1-2-7-16(15)14-17/h1-14,22,27-28H/b23-21-. The predicted molar refractivity (Wildman–Crippen MR) is 121 cm³/mol. The SMILES string of the molecule is O=C1C(=O)N(c2ccccc2O)C(c2cccs2)/C1=C(/O)c1ccc2ccccc2c1. The number of hydrogen-bond donors (Lipinski definition) is 2. The number of carbonyl (C=O) groups is 2. The molecule has 1 atom stereocenters. The summed E-state index contributed by atoms with van der Waals surface area (Å²) < 4.78 is 0. The Kier molecular flexibility index (Phi) is 4.56. The Labute approximate surface area is 182 Å². The lowest BCUT2D eigenvalue weighted by Crippen LogP contribution is -2.29. The highest BCUT2D eigenvalue weighted by atomic mass is 32.1. The summed E-state index contributed by atoms with van der Waals surface area (Å²) in [6.07, 6.45) is 0. The molecule has 1 aliphatic rings. The van der Waals surface area contributed by atoms with Crippen LogP contribution in [0.25, 0.3) is 16.5 Å². The normalized spacial score (nSPS) is 18.1. The molecule has 1 saturated heterocycles. The number of nitrogens with zero attached hydrogens (tertiary/aromatic N) is 1. The van der Waals surface area contributed by atoms with Crippen molar-refractivity contribution >= 4 is 45.2 Å². The first-order valence-electron chi connectivity index (χ1n) is 9.68. The lowest BCUT2D eigenvalue weighted by Gasteiger charge is -2.24. The molecule has 1 unspecified atom stereocenters. The highest BCUT2D eigenvalue weighted by Crippen LogP contribution is 2.45. The summed E-state index contributed by atoms with van der Waals surface area (Å²) in [6.45, 7) is 0. The lowest BCUT2D eigenvalue weighted by molar-refractivity contribution is -0.132. The van der Waals surface area contributed by atoms with Crippen LogP contribution in [0.15, 0.2) is 89.8 Å². The number of para-hydroxylation sites is 2. The van der Waals surface area contributed by atoms with Gasteiger partial charge in [-0.05, 0) is 40.4 Å². The molecule has 0 spiro atoms. The molecule has 1 amide bonds. The molecule has 6 heteroatoms. The van der Waals surface area contributed by atoms with E-state index in [9.17, 15) is 19.8 Å². The van der Waals surface area contributed by atoms with Gasteiger partial charge in [-0.3, -0.25) is 14.5 Å². The number of thiophene rings is 1. The molecule has 5 rings (SSSR count). The minimum Gasteiger partial charge on any atom is -0.507 e. The molecule has 1 aromatic heterocycles. The van der Waals surface area contributed by atoms with Crippen LogP contribution < -0.4 is 4.90 Å². The van der Waals surface area contributed by atoms with Gasteiger partial charge >= 0.3 is 0 Å². The molecular formula is C25H17NO4S. The van der Waals surface area contributed by atoms with Gasteiger partial charge in [0.2, 0.25) is 0 Å². The van der Waals surface area contributed by atoms with Crippen molar-refractivity contribution in [3.8, 4) is 5.75 Å². The van der Waals surface area contributed by atoms with Gasteiger partial charge in [0, 0.05) is 10.4 Å². The minimum atomic E-state index is -0.834. The number of ketones is 1. The van der Waals surface area contributed by atoms with Crippen molar-refractivity contribution in [3.05, 3.63) is 100 Å². The van der Waals surface area contributed by atoms with Crippen molar-refractivity contribution in [1.82, 2.24) is 0 Å². The predicted octanol–water partition coefficient (Wildman–Crippen LogP) is 5.23. The lowest BCUT2D eigenvalue weighted by atomic mass is 9.98. The van der Waals surface area contributed by atoms with E-state index in [1.165, 1.54) is 22.3 Å². The van der Waals surface area contributed by atoms with E-state index in [1.807, 2.05) is 47.8 Å². The smallest absolute Gasteiger partial charge is 0.300 e. The van der Waals surface area contributed by atoms with Gasteiger partial charge in [-0.2, -0.15) is 0 Å². The number of aromatic hydroxyl groups is 1. The summed E-state index contributed by atoms with van der Waals surface area (Å²) in [4.78, 5) is 28.1. The van der Waals surface area contributed by atoms with Gasteiger partial charge in [0.05, 0.1) is 11.3 Å². The number of phenolic OH excluding ortho intramolecular Hbond substituents is 1. The Bertz CT molecular complexity index is 1360. The maximum absolute atomic E-state index is 13.1. The maximum Gasteiger partial charge on any atom is 0.300 e. The van der Waals surface area contributed by atoms with Crippen LogP contribution >= 0.6 is 11.3 Å². The second-order valence-electron chi connectivity index (χ2n) is 7.24. The Balaban J connectivity index is 1.73. The largest absolute Gasteiger partial charge is 0.507 e. The van der Waals surface area contributed by atoms with Crippen LogP contribution in [0, 0.1) is 0 Å². The van der Waals surface area contributed by atoms with Crippen LogP contribution in [0.3, 0.4) is 0 Å². The first kappa shape index (κ1) is 19.1. The quantitative estimate of drug-likeness (QED) is 0.267. The zero-order valence-corrected chi connectivity index (χ0v) is 17.0. The van der Waals surface area contributed by atoms with E-state index >= 15 is 0 Å². The summed E-state index contributed by atoms with van der Waals surface area (Å²) in [5.41, 5.74) is 0.682. The number of aliphatic hydroxyl groups is 1. The van der Waals surface area contributed by atoms with Crippen LogP contribution in [-0.2, 0) is 9.59 Å². The van der Waals surface area contributed by atoms with Crippen molar-refractivity contribution in [2.45, 2.75) is 6.04 Å². The zero-order valence-electron chi connectivity index (χ0n) is 16.2. The maximum atomic E-state index is 13.1. The van der Waals surface area contributed by atoms with Gasteiger partial charge in [0.1, 0.15) is 17.6 Å². The Hall–Kier alpha value is -3.90. The summed E-state index contributed by atoms with van der Waals surface area (Å²) in [7, 11) is 0. The number of rotatable bonds is 3. The Morgan fingerprint density at radius 1 is 0.871 bits per heavy atom. The fraction of sp³-hybridized carbons (Fsp3) is 0.0400. The number of benzene rings is 3. The van der Waals surface area contributed by atoms with Crippen LogP contribution in [0.4, 0.5) is 5.69 Å². The zero-order chi connectivity index (χ0) is 21.5. The third-order valence-electron chi connectivity index (χ3n) is 5.42. The van der Waals surface area contributed by atoms with E-state index in [1.54, 1.807) is 30.3 Å². The van der Waals surface area contributed by atoms with Crippen LogP contribution in [-0.4, -0.2) is 21.9 Å². The average molecular weight is 427 g/mol. The number of fused-ring (bicyclic) bond motifs is 1. The second-order valence-corrected chi connectivity index (χ2v) is 8.21. The van der Waals surface area contributed by atoms with Crippen LogP contribution in [0.1, 0.15) is 16.5 Å². The molecule has 31 heavy (non-hydrogen) atoms. The van der Waals surface area contributed by atoms with Crippen LogP contribution in [0.2, 0.25) is 0 Å². The highest BCUT2D eigenvalue weighted by Gasteiger charge is 2.48. The fourth-order valence-electron chi connectivity index (χ4n) is 3.96. The Morgan fingerprint density at radius 2 is 1.61 bits per heavy atom. The van der Waals surface area contributed by atoms with E-state index in [0.717, 1.165) is 10.8 Å². The number of aliphatic hydroxyl groups excluding tert-OH is 1. The molecule has 0 saturated carbocycles. The molecule has 5 nitrogen and oxygen atoms in total. The van der Waals surface area contributed by atoms with Gasteiger partial charge in [0.25, 0.3) is 11.7 Å². The molecule has 2 heterocycles. The molecular weight excluding hydrogens is 410 g/mol. The molecule has 3 aromatic carbocycles. The first-order valence-corrected chi connectivity index (χ1v) is 10.6. The number of hydrogen-bond acceptors (Lipinski definition) is 5.